The maximum atomic E-state index is 13.1. The van der Waals surface area contributed by atoms with Gasteiger partial charge in [-0.3, -0.25) is 29.3 Å². The molecule has 0 bridgehead atoms. The average molecular weight is 811 g/mol. The van der Waals surface area contributed by atoms with Crippen LogP contribution in [0.3, 0.4) is 0 Å². The Labute approximate surface area is 344 Å². The Bertz CT molecular complexity index is 1340. The quantitative estimate of drug-likeness (QED) is 0.0595. The molecule has 4 rings (SSSR count). The molecule has 2 saturated heterocycles. The van der Waals surface area contributed by atoms with Crippen LogP contribution in [0.15, 0.2) is 30.3 Å². The molecule has 1 aromatic rings. The number of benzene rings is 1. The molecule has 1 saturated carbocycles. The van der Waals surface area contributed by atoms with Crippen molar-refractivity contribution in [1.82, 2.24) is 26.2 Å². The van der Waals surface area contributed by atoms with Crippen LogP contribution in [0.4, 0.5) is 5.69 Å². The van der Waals surface area contributed by atoms with Gasteiger partial charge >= 0.3 is 0 Å². The van der Waals surface area contributed by atoms with E-state index in [-0.39, 0.29) is 51.4 Å². The zero-order valence-electron chi connectivity index (χ0n) is 34.9. The van der Waals surface area contributed by atoms with Gasteiger partial charge in [0.05, 0.1) is 5.25 Å². The first kappa shape index (κ1) is 48.9. The smallest absolute Gasteiger partial charge is 0.246 e. The normalized spacial score (nSPS) is 24.1. The second kappa shape index (κ2) is 26.7. The molecule has 0 spiro atoms. The highest BCUT2D eigenvalue weighted by atomic mass is 32.2. The molecule has 3 fully saturated rings. The van der Waals surface area contributed by atoms with Crippen LogP contribution in [0.25, 0.3) is 0 Å². The van der Waals surface area contributed by atoms with Gasteiger partial charge in [-0.15, -0.1) is 0 Å². The third-order valence-electron chi connectivity index (χ3n) is 10.8. The standard InChI is InChI=1S/C38H60N6O7S.2C2H6.3H2/c1-38(51)31(24-34(47)44(38)22-10-4-9-15-32(45)40-25-26-16-18-27(19-17-26)35(48)39-2)52-23-11-5-8-14-29(36(49)41-28-12-6-3-7-13-28)43-37(50)30-20-21-33(46)42-30;2*1-2;;;/h3,6-7,12-13,26-27,29-31,35,39,48,51H,4-5,8-11,14-25H2,1-2H3,(H,40,45)(H,41,49)(H,42,46)(H,43,50);2*1-2H3;3*1H/t26?,27?,29-,30+,31?,35?,38?;;;;;/m0...../s1. The van der Waals surface area contributed by atoms with E-state index in [9.17, 15) is 34.2 Å². The van der Waals surface area contributed by atoms with E-state index in [0.29, 0.717) is 63.2 Å². The minimum absolute atomic E-state index is 0. The number of unbranched alkanes of at least 4 members (excludes halogenated alkanes) is 4. The van der Waals surface area contributed by atoms with Crippen molar-refractivity contribution in [1.29, 1.82) is 0 Å². The van der Waals surface area contributed by atoms with E-state index in [1.165, 1.54) is 0 Å². The van der Waals surface area contributed by atoms with Crippen molar-refractivity contribution in [3.8, 4) is 0 Å². The topological polar surface area (TPSA) is 189 Å². The first-order valence-corrected chi connectivity index (χ1v) is 22.2. The summed E-state index contributed by atoms with van der Waals surface area (Å²) in [4.78, 5) is 64.4. The molecule has 14 heteroatoms. The number of anilines is 1. The number of nitrogens with zero attached hydrogens (tertiary/aromatic N) is 1. The highest BCUT2D eigenvalue weighted by Crippen LogP contribution is 2.37. The highest BCUT2D eigenvalue weighted by molar-refractivity contribution is 8.00. The van der Waals surface area contributed by atoms with Gasteiger partial charge < -0.3 is 36.4 Å². The van der Waals surface area contributed by atoms with Crippen LogP contribution >= 0.6 is 11.8 Å². The van der Waals surface area contributed by atoms with Gasteiger partial charge in [0, 0.05) is 42.3 Å². The Balaban J connectivity index is 0. The van der Waals surface area contributed by atoms with Crippen molar-refractivity contribution in [3.63, 3.8) is 0 Å². The summed E-state index contributed by atoms with van der Waals surface area (Å²) in [7, 11) is 1.77. The van der Waals surface area contributed by atoms with Crippen LogP contribution in [0, 0.1) is 11.8 Å². The van der Waals surface area contributed by atoms with Gasteiger partial charge in [0.1, 0.15) is 24.0 Å². The maximum absolute atomic E-state index is 13.1. The predicted octanol–water partition coefficient (Wildman–Crippen LogP) is 5.80. The average Bonchev–Trinajstić information content (AvgIpc) is 3.74. The summed E-state index contributed by atoms with van der Waals surface area (Å²) >= 11 is 1.59. The number of hydrogen-bond acceptors (Lipinski definition) is 9. The lowest BCUT2D eigenvalue weighted by Gasteiger charge is -2.34. The van der Waals surface area contributed by atoms with Gasteiger partial charge in [0.25, 0.3) is 0 Å². The van der Waals surface area contributed by atoms with Crippen molar-refractivity contribution in [2.75, 3.05) is 31.2 Å². The lowest BCUT2D eigenvalue weighted by Crippen LogP contribution is -2.50. The van der Waals surface area contributed by atoms with Crippen LogP contribution in [0.1, 0.15) is 135 Å². The minimum Gasteiger partial charge on any atom is -0.378 e. The monoisotopic (exact) mass is 811 g/mol. The summed E-state index contributed by atoms with van der Waals surface area (Å²) in [6, 6.07) is 7.68. The summed E-state index contributed by atoms with van der Waals surface area (Å²) in [5.41, 5.74) is -0.609. The third kappa shape index (κ3) is 16.3. The molecule has 1 aromatic carbocycles. The van der Waals surface area contributed by atoms with E-state index < -0.39 is 24.0 Å². The van der Waals surface area contributed by atoms with Crippen LogP contribution in [0.2, 0.25) is 0 Å². The van der Waals surface area contributed by atoms with Crippen LogP contribution in [0.5, 0.6) is 0 Å². The number of rotatable bonds is 21. The molecular formula is C42H78N6O7S. The van der Waals surface area contributed by atoms with Crippen molar-refractivity contribution in [3.05, 3.63) is 30.3 Å². The van der Waals surface area contributed by atoms with Gasteiger partial charge in [-0.1, -0.05) is 65.2 Å². The fourth-order valence-electron chi connectivity index (χ4n) is 7.43. The SMILES string of the molecule is CC.CC.CNC(O)C1CCC(CNC(=O)CCCCCN2C(=O)CC(SCCCCC[C@H](NC(=O)[C@H]3CCC(=O)N3)C(=O)Nc3ccccc3)C2(C)O)CC1.[HH].[HH].[HH]. The van der Waals surface area contributed by atoms with Crippen LogP contribution in [-0.4, -0.2) is 99.8 Å². The number of aliphatic hydroxyl groups is 2. The number of thioether (sulfide) groups is 1. The first-order valence-electron chi connectivity index (χ1n) is 21.2. The number of hydrogen-bond donors (Lipinski definition) is 7. The fraction of sp³-hybridized carbons (Fsp3) is 0.738. The molecule has 0 radical (unpaired) electrons. The molecular weight excluding hydrogens is 733 g/mol. The number of carbonyl (C=O) groups excluding carboxylic acids is 5. The Hall–Kier alpha value is -3.20. The largest absolute Gasteiger partial charge is 0.378 e. The Morgan fingerprint density at radius 1 is 0.964 bits per heavy atom. The molecule has 5 atom stereocenters. The Morgan fingerprint density at radius 2 is 1.64 bits per heavy atom. The zero-order valence-corrected chi connectivity index (χ0v) is 35.7. The number of carbonyl (C=O) groups is 5. The van der Waals surface area contributed by atoms with E-state index in [1.807, 2.05) is 45.9 Å². The number of nitrogens with one attached hydrogen (secondary N) is 5. The molecule has 56 heavy (non-hydrogen) atoms. The molecule has 3 aliphatic rings. The van der Waals surface area contributed by atoms with Crippen molar-refractivity contribution < 1.29 is 38.5 Å². The van der Waals surface area contributed by atoms with Gasteiger partial charge in [0.2, 0.25) is 29.5 Å². The maximum Gasteiger partial charge on any atom is 0.246 e. The summed E-state index contributed by atoms with van der Waals surface area (Å²) in [5, 5.41) is 35.4. The third-order valence-corrected chi connectivity index (χ3v) is 12.3. The molecule has 3 unspecified atom stereocenters. The van der Waals surface area contributed by atoms with E-state index in [4.69, 9.17) is 0 Å². The summed E-state index contributed by atoms with van der Waals surface area (Å²) in [6.45, 7) is 10.8. The minimum atomic E-state index is -1.25. The molecule has 7 N–H and O–H groups in total. The second-order valence-electron chi connectivity index (χ2n) is 14.8. The summed E-state index contributed by atoms with van der Waals surface area (Å²) < 4.78 is 0. The van der Waals surface area contributed by atoms with Crippen molar-refractivity contribution in [2.24, 2.45) is 11.8 Å². The molecule has 2 aliphatic heterocycles. The summed E-state index contributed by atoms with van der Waals surface area (Å²) in [6.07, 6.45) is 9.91. The van der Waals surface area contributed by atoms with Gasteiger partial charge in [-0.2, -0.15) is 11.8 Å². The van der Waals surface area contributed by atoms with E-state index >= 15 is 0 Å². The number of likely N-dealkylation sites (tertiary alicyclic amines) is 1. The lowest BCUT2D eigenvalue weighted by molar-refractivity contribution is -0.142. The lowest BCUT2D eigenvalue weighted by atomic mass is 9.81. The fourth-order valence-corrected chi connectivity index (χ4v) is 8.79. The Morgan fingerprint density at radius 3 is 2.29 bits per heavy atom. The van der Waals surface area contributed by atoms with Gasteiger partial charge in [0.15, 0.2) is 0 Å². The van der Waals surface area contributed by atoms with Crippen molar-refractivity contribution in [2.45, 2.75) is 160 Å². The molecule has 324 valence electrons. The van der Waals surface area contributed by atoms with Crippen molar-refractivity contribution >= 4 is 47.0 Å². The number of aliphatic hydroxyl groups excluding tert-OH is 1. The van der Waals surface area contributed by atoms with E-state index in [1.54, 1.807) is 42.8 Å². The van der Waals surface area contributed by atoms with Crippen LogP contribution < -0.4 is 26.6 Å². The zero-order chi connectivity index (χ0) is 41.5. The second-order valence-corrected chi connectivity index (χ2v) is 16.1. The molecule has 5 amide bonds. The first-order chi connectivity index (χ1) is 27.0. The summed E-state index contributed by atoms with van der Waals surface area (Å²) in [5.74, 6) is 0.645. The predicted molar refractivity (Wildman–Crippen MR) is 231 cm³/mol. The number of para-hydroxylation sites is 1. The van der Waals surface area contributed by atoms with E-state index in [0.717, 1.165) is 57.1 Å². The highest BCUT2D eigenvalue weighted by Gasteiger charge is 2.48. The Kier molecular flexibility index (Phi) is 23.3. The molecule has 0 aromatic heterocycles. The van der Waals surface area contributed by atoms with Gasteiger partial charge in [-0.05, 0) is 101 Å². The van der Waals surface area contributed by atoms with Crippen LogP contribution in [-0.2, 0) is 24.0 Å². The van der Waals surface area contributed by atoms with Gasteiger partial charge in [-0.25, -0.2) is 0 Å². The molecule has 2 heterocycles. The molecule has 1 aliphatic carbocycles. The number of amides is 5. The molecule has 13 nitrogen and oxygen atoms in total. The van der Waals surface area contributed by atoms with E-state index in [2.05, 4.69) is 26.6 Å².